The lowest BCUT2D eigenvalue weighted by molar-refractivity contribution is 0.426. The number of hydrogen-bond donors (Lipinski definition) is 2. The summed E-state index contributed by atoms with van der Waals surface area (Å²) in [5.41, 5.74) is 5.59. The Morgan fingerprint density at radius 2 is 1.79 bits per heavy atom. The van der Waals surface area contributed by atoms with Gasteiger partial charge in [-0.25, -0.2) is 0 Å². The second-order valence-corrected chi connectivity index (χ2v) is 5.98. The summed E-state index contributed by atoms with van der Waals surface area (Å²) in [4.78, 5) is 4.41. The molecule has 2 aromatic heterocycles. The minimum Gasteiger partial charge on any atom is -0.456 e. The van der Waals surface area contributed by atoms with Gasteiger partial charge < -0.3 is 14.5 Å². The number of benzene rings is 2. The van der Waals surface area contributed by atoms with E-state index in [4.69, 9.17) is 4.42 Å². The topological polar surface area (TPSA) is 66.5 Å². The molecular formula is C19H16BNO3. The van der Waals surface area contributed by atoms with E-state index in [1.54, 1.807) is 18.3 Å². The van der Waals surface area contributed by atoms with Gasteiger partial charge in [0.2, 0.25) is 0 Å². The Morgan fingerprint density at radius 3 is 2.58 bits per heavy atom. The van der Waals surface area contributed by atoms with Crippen molar-refractivity contribution in [2.75, 3.05) is 0 Å². The zero-order valence-corrected chi connectivity index (χ0v) is 13.4. The number of aryl methyl sites for hydroxylation is 2. The zero-order valence-electron chi connectivity index (χ0n) is 13.4. The van der Waals surface area contributed by atoms with Crippen molar-refractivity contribution in [3.05, 3.63) is 59.8 Å². The monoisotopic (exact) mass is 317 g/mol. The van der Waals surface area contributed by atoms with Gasteiger partial charge in [-0.3, -0.25) is 4.98 Å². The van der Waals surface area contributed by atoms with Crippen LogP contribution >= 0.6 is 0 Å². The summed E-state index contributed by atoms with van der Waals surface area (Å²) in [5, 5.41) is 21.5. The van der Waals surface area contributed by atoms with Crippen molar-refractivity contribution >= 4 is 34.5 Å². The lowest BCUT2D eigenvalue weighted by Gasteiger charge is -2.14. The van der Waals surface area contributed by atoms with Crippen LogP contribution in [0.15, 0.2) is 53.1 Å². The van der Waals surface area contributed by atoms with Gasteiger partial charge in [0.15, 0.2) is 0 Å². The van der Waals surface area contributed by atoms with Crippen LogP contribution in [0.3, 0.4) is 0 Å². The van der Waals surface area contributed by atoms with Crippen LogP contribution in [0.5, 0.6) is 0 Å². The van der Waals surface area contributed by atoms with Gasteiger partial charge in [0.1, 0.15) is 11.2 Å². The van der Waals surface area contributed by atoms with Crippen molar-refractivity contribution in [2.45, 2.75) is 13.8 Å². The summed E-state index contributed by atoms with van der Waals surface area (Å²) in [5.74, 6) is 0. The summed E-state index contributed by atoms with van der Waals surface area (Å²) >= 11 is 0. The standard InChI is InChI=1S/C19H16BNO3/c1-11-10-16-18(13-6-3-4-8-15(13)24-16)12(2)17(11)19-14(20(22)23)7-5-9-21-19/h3-10,22-23H,1-2H3. The molecule has 0 radical (unpaired) electrons. The van der Waals surface area contributed by atoms with E-state index in [1.165, 1.54) is 0 Å². The molecule has 2 aromatic carbocycles. The first-order valence-electron chi connectivity index (χ1n) is 7.81. The molecule has 0 atom stereocenters. The highest BCUT2D eigenvalue weighted by atomic mass is 16.4. The van der Waals surface area contributed by atoms with Crippen molar-refractivity contribution in [3.63, 3.8) is 0 Å². The van der Waals surface area contributed by atoms with Crippen LogP contribution in [0.1, 0.15) is 11.1 Å². The second kappa shape index (κ2) is 5.48. The van der Waals surface area contributed by atoms with E-state index < -0.39 is 7.12 Å². The molecule has 0 saturated carbocycles. The number of nitrogens with zero attached hydrogens (tertiary/aromatic N) is 1. The van der Waals surface area contributed by atoms with Gasteiger partial charge in [-0.15, -0.1) is 0 Å². The van der Waals surface area contributed by atoms with Crippen LogP contribution in [-0.4, -0.2) is 22.2 Å². The van der Waals surface area contributed by atoms with E-state index in [-0.39, 0.29) is 0 Å². The normalized spacial score (nSPS) is 11.3. The molecule has 2 N–H and O–H groups in total. The maximum absolute atomic E-state index is 9.69. The number of hydrogen-bond acceptors (Lipinski definition) is 4. The lowest BCUT2D eigenvalue weighted by atomic mass is 9.76. The fourth-order valence-electron chi connectivity index (χ4n) is 3.44. The van der Waals surface area contributed by atoms with Crippen LogP contribution in [-0.2, 0) is 0 Å². The van der Waals surface area contributed by atoms with E-state index in [0.717, 1.165) is 38.6 Å². The molecule has 4 aromatic rings. The summed E-state index contributed by atoms with van der Waals surface area (Å²) in [6, 6.07) is 13.3. The van der Waals surface area contributed by atoms with Crippen molar-refractivity contribution < 1.29 is 14.5 Å². The van der Waals surface area contributed by atoms with E-state index in [9.17, 15) is 10.0 Å². The average Bonchev–Trinajstić information content (AvgIpc) is 2.93. The number of furan rings is 1. The molecule has 0 fully saturated rings. The van der Waals surface area contributed by atoms with E-state index >= 15 is 0 Å². The predicted molar refractivity (Wildman–Crippen MR) is 96.3 cm³/mol. The van der Waals surface area contributed by atoms with Gasteiger partial charge in [0, 0.05) is 28.0 Å². The molecule has 0 aliphatic heterocycles. The molecule has 0 amide bonds. The van der Waals surface area contributed by atoms with Gasteiger partial charge in [-0.1, -0.05) is 24.3 Å². The highest BCUT2D eigenvalue weighted by Crippen LogP contribution is 2.37. The fraction of sp³-hybridized carbons (Fsp3) is 0.105. The molecular weight excluding hydrogens is 301 g/mol. The Kier molecular flexibility index (Phi) is 3.41. The smallest absolute Gasteiger partial charge is 0.456 e. The van der Waals surface area contributed by atoms with Crippen LogP contribution in [0, 0.1) is 13.8 Å². The summed E-state index contributed by atoms with van der Waals surface area (Å²) in [6.07, 6.45) is 1.66. The van der Waals surface area contributed by atoms with Gasteiger partial charge in [-0.2, -0.15) is 0 Å². The molecule has 0 spiro atoms. The Labute approximate surface area is 139 Å². The summed E-state index contributed by atoms with van der Waals surface area (Å²) in [7, 11) is -1.57. The molecule has 4 nitrogen and oxygen atoms in total. The maximum Gasteiger partial charge on any atom is 0.490 e. The number of fused-ring (bicyclic) bond motifs is 3. The number of rotatable bonds is 2. The first-order chi connectivity index (χ1) is 11.6. The molecule has 2 heterocycles. The van der Waals surface area contributed by atoms with Crippen LogP contribution in [0.4, 0.5) is 0 Å². The van der Waals surface area contributed by atoms with E-state index in [1.807, 2.05) is 44.2 Å². The number of pyridine rings is 1. The lowest BCUT2D eigenvalue weighted by Crippen LogP contribution is -2.32. The molecule has 5 heteroatoms. The first-order valence-corrected chi connectivity index (χ1v) is 7.81. The molecule has 0 unspecified atom stereocenters. The third kappa shape index (κ3) is 2.13. The Bertz CT molecular complexity index is 1070. The van der Waals surface area contributed by atoms with Crippen molar-refractivity contribution in [3.8, 4) is 11.3 Å². The molecule has 0 saturated heterocycles. The van der Waals surface area contributed by atoms with Gasteiger partial charge in [0.05, 0.1) is 5.69 Å². The van der Waals surface area contributed by atoms with E-state index in [0.29, 0.717) is 11.2 Å². The SMILES string of the molecule is Cc1cc2oc3ccccc3c2c(C)c1-c1ncccc1B(O)O. The Balaban J connectivity index is 2.12. The van der Waals surface area contributed by atoms with Crippen LogP contribution in [0.2, 0.25) is 0 Å². The quantitative estimate of drug-likeness (QED) is 0.558. The van der Waals surface area contributed by atoms with Gasteiger partial charge in [-0.05, 0) is 43.2 Å². The highest BCUT2D eigenvalue weighted by molar-refractivity contribution is 6.60. The fourth-order valence-corrected chi connectivity index (χ4v) is 3.44. The third-order valence-corrected chi connectivity index (χ3v) is 4.47. The minimum atomic E-state index is -1.57. The van der Waals surface area contributed by atoms with Crippen LogP contribution in [0.25, 0.3) is 33.2 Å². The van der Waals surface area contributed by atoms with Gasteiger partial charge in [0.25, 0.3) is 0 Å². The van der Waals surface area contributed by atoms with Crippen molar-refractivity contribution in [2.24, 2.45) is 0 Å². The Morgan fingerprint density at radius 1 is 1.00 bits per heavy atom. The third-order valence-electron chi connectivity index (χ3n) is 4.47. The minimum absolute atomic E-state index is 0.399. The van der Waals surface area contributed by atoms with Crippen LogP contribution < -0.4 is 5.46 Å². The highest BCUT2D eigenvalue weighted by Gasteiger charge is 2.22. The maximum atomic E-state index is 9.69. The number of aromatic nitrogens is 1. The largest absolute Gasteiger partial charge is 0.490 e. The average molecular weight is 317 g/mol. The van der Waals surface area contributed by atoms with Crippen molar-refractivity contribution in [1.82, 2.24) is 4.98 Å². The summed E-state index contributed by atoms with van der Waals surface area (Å²) in [6.45, 7) is 4.01. The zero-order chi connectivity index (χ0) is 16.8. The molecule has 118 valence electrons. The first kappa shape index (κ1) is 14.9. The van der Waals surface area contributed by atoms with Gasteiger partial charge >= 0.3 is 7.12 Å². The Hall–Kier alpha value is -2.63. The molecule has 24 heavy (non-hydrogen) atoms. The summed E-state index contributed by atoms with van der Waals surface area (Å²) < 4.78 is 5.96. The number of para-hydroxylation sites is 1. The second-order valence-electron chi connectivity index (χ2n) is 5.98. The van der Waals surface area contributed by atoms with E-state index in [2.05, 4.69) is 4.98 Å². The molecule has 0 aliphatic rings. The predicted octanol–water partition coefficient (Wildman–Crippen LogP) is 2.94. The molecule has 0 bridgehead atoms. The molecule has 0 aliphatic carbocycles. The molecule has 4 rings (SSSR count). The van der Waals surface area contributed by atoms with Crippen molar-refractivity contribution in [1.29, 1.82) is 0 Å².